The SMILES string of the molecule is CC(NC(=O)N(C)C1CCN(C)CC1)c1ccc(-c2cnc(-n3ccnc3)nc2)c(Cl)c1Cl. The molecule has 0 bridgehead atoms. The van der Waals surface area contributed by atoms with Gasteiger partial charge in [-0.2, -0.15) is 0 Å². The van der Waals surface area contributed by atoms with E-state index in [-0.39, 0.29) is 18.1 Å². The molecule has 1 fully saturated rings. The molecule has 1 N–H and O–H groups in total. The number of amides is 2. The molecule has 1 aliphatic rings. The molecule has 1 aliphatic heterocycles. The highest BCUT2D eigenvalue weighted by molar-refractivity contribution is 6.44. The van der Waals surface area contributed by atoms with Crippen molar-refractivity contribution in [2.45, 2.75) is 31.8 Å². The van der Waals surface area contributed by atoms with Gasteiger partial charge in [-0.25, -0.2) is 19.7 Å². The zero-order valence-corrected chi connectivity index (χ0v) is 20.4. The van der Waals surface area contributed by atoms with Gasteiger partial charge in [-0.1, -0.05) is 35.3 Å². The molecule has 1 saturated heterocycles. The predicted molar refractivity (Wildman–Crippen MR) is 130 cm³/mol. The molecule has 1 atom stereocenters. The maximum absolute atomic E-state index is 12.8. The molecule has 0 aliphatic carbocycles. The number of hydrogen-bond acceptors (Lipinski definition) is 5. The number of carbonyl (C=O) groups excluding carboxylic acids is 1. The highest BCUT2D eigenvalue weighted by Crippen LogP contribution is 2.37. The van der Waals surface area contributed by atoms with Crippen LogP contribution in [0.15, 0.2) is 43.2 Å². The normalized spacial score (nSPS) is 15.9. The second-order valence-corrected chi connectivity index (χ2v) is 9.14. The Kier molecular flexibility index (Phi) is 7.17. The molecule has 3 heterocycles. The van der Waals surface area contributed by atoms with E-state index in [1.54, 1.807) is 40.6 Å². The number of nitrogens with zero attached hydrogens (tertiary/aromatic N) is 6. The van der Waals surface area contributed by atoms with E-state index in [4.69, 9.17) is 23.2 Å². The first-order valence-electron chi connectivity index (χ1n) is 10.9. The lowest BCUT2D eigenvalue weighted by molar-refractivity contribution is 0.146. The van der Waals surface area contributed by atoms with Crippen LogP contribution in [-0.4, -0.2) is 68.6 Å². The molecular weight excluding hydrogens is 461 g/mol. The van der Waals surface area contributed by atoms with Crippen molar-refractivity contribution in [1.82, 2.24) is 34.6 Å². The van der Waals surface area contributed by atoms with Gasteiger partial charge < -0.3 is 15.1 Å². The van der Waals surface area contributed by atoms with E-state index < -0.39 is 0 Å². The number of carbonyl (C=O) groups is 1. The average Bonchev–Trinajstić information content (AvgIpc) is 3.36. The third-order valence-corrected chi connectivity index (χ3v) is 7.06. The highest BCUT2D eigenvalue weighted by atomic mass is 35.5. The van der Waals surface area contributed by atoms with E-state index >= 15 is 0 Å². The van der Waals surface area contributed by atoms with Crippen LogP contribution in [0, 0.1) is 0 Å². The maximum atomic E-state index is 12.8. The van der Waals surface area contributed by atoms with Crippen molar-refractivity contribution in [2.75, 3.05) is 27.2 Å². The molecule has 3 aromatic rings. The fraction of sp³-hybridized carbons (Fsp3) is 0.391. The molecule has 1 unspecified atom stereocenters. The standard InChI is InChI=1S/C23H27Cl2N7O/c1-15(29-23(33)31(3)17-6-9-30(2)10-7-17)18-4-5-19(21(25)20(18)24)16-12-27-22(28-13-16)32-11-8-26-14-32/h4-5,8,11-15,17H,6-7,9-10H2,1-3H3,(H,29,33). The van der Waals surface area contributed by atoms with Crippen molar-refractivity contribution >= 4 is 29.2 Å². The van der Waals surface area contributed by atoms with Crippen LogP contribution in [0.4, 0.5) is 4.79 Å². The fourth-order valence-electron chi connectivity index (χ4n) is 4.01. The van der Waals surface area contributed by atoms with Crippen LogP contribution >= 0.6 is 23.2 Å². The first-order valence-corrected chi connectivity index (χ1v) is 11.6. The number of likely N-dealkylation sites (tertiary alicyclic amines) is 1. The Morgan fingerprint density at radius 2 is 1.88 bits per heavy atom. The lowest BCUT2D eigenvalue weighted by Crippen LogP contribution is -2.48. The second-order valence-electron chi connectivity index (χ2n) is 8.39. The number of aromatic nitrogens is 4. The van der Waals surface area contributed by atoms with Gasteiger partial charge in [0.2, 0.25) is 5.95 Å². The summed E-state index contributed by atoms with van der Waals surface area (Å²) in [5, 5.41) is 3.86. The topological polar surface area (TPSA) is 79.2 Å². The number of halogens is 2. The largest absolute Gasteiger partial charge is 0.331 e. The molecule has 0 saturated carbocycles. The quantitative estimate of drug-likeness (QED) is 0.575. The Balaban J connectivity index is 1.47. The molecule has 2 amide bonds. The van der Waals surface area contributed by atoms with E-state index in [0.717, 1.165) is 42.6 Å². The molecule has 2 aromatic heterocycles. The summed E-state index contributed by atoms with van der Waals surface area (Å²) >= 11 is 13.2. The summed E-state index contributed by atoms with van der Waals surface area (Å²) in [5.74, 6) is 0.514. The number of imidazole rings is 1. The van der Waals surface area contributed by atoms with Crippen molar-refractivity contribution < 1.29 is 4.79 Å². The Morgan fingerprint density at radius 1 is 1.18 bits per heavy atom. The fourth-order valence-corrected chi connectivity index (χ4v) is 4.62. The molecule has 1 aromatic carbocycles. The van der Waals surface area contributed by atoms with E-state index in [1.165, 1.54) is 0 Å². The molecule has 10 heteroatoms. The van der Waals surface area contributed by atoms with Gasteiger partial charge in [0.15, 0.2) is 0 Å². The van der Waals surface area contributed by atoms with Crippen molar-refractivity contribution in [3.63, 3.8) is 0 Å². The average molecular weight is 488 g/mol. The molecule has 4 rings (SSSR count). The lowest BCUT2D eigenvalue weighted by atomic mass is 10.0. The van der Waals surface area contributed by atoms with Gasteiger partial charge in [0.05, 0.1) is 16.1 Å². The van der Waals surface area contributed by atoms with Crippen LogP contribution in [-0.2, 0) is 0 Å². The third-order valence-electron chi connectivity index (χ3n) is 6.16. The maximum Gasteiger partial charge on any atom is 0.317 e. The first kappa shape index (κ1) is 23.5. The Hall–Kier alpha value is -2.68. The van der Waals surface area contributed by atoms with Crippen LogP contribution in [0.2, 0.25) is 10.0 Å². The number of benzene rings is 1. The molecule has 33 heavy (non-hydrogen) atoms. The van der Waals surface area contributed by atoms with Gasteiger partial charge in [-0.15, -0.1) is 0 Å². The van der Waals surface area contributed by atoms with Crippen LogP contribution < -0.4 is 5.32 Å². The monoisotopic (exact) mass is 487 g/mol. The summed E-state index contributed by atoms with van der Waals surface area (Å²) in [6, 6.07) is 3.58. The van der Waals surface area contributed by atoms with Crippen molar-refractivity contribution in [3.05, 3.63) is 58.9 Å². The summed E-state index contributed by atoms with van der Waals surface area (Å²) in [6.45, 7) is 3.89. The van der Waals surface area contributed by atoms with Gasteiger partial charge in [0.1, 0.15) is 6.33 Å². The Bertz CT molecular complexity index is 1100. The van der Waals surface area contributed by atoms with Gasteiger partial charge in [-0.05, 0) is 45.5 Å². The van der Waals surface area contributed by atoms with Gasteiger partial charge in [-0.3, -0.25) is 4.57 Å². The number of rotatable bonds is 5. The van der Waals surface area contributed by atoms with E-state index in [0.29, 0.717) is 16.0 Å². The van der Waals surface area contributed by atoms with Crippen LogP contribution in [0.3, 0.4) is 0 Å². The van der Waals surface area contributed by atoms with Gasteiger partial charge >= 0.3 is 6.03 Å². The molecule has 0 radical (unpaired) electrons. The molecule has 0 spiro atoms. The number of nitrogens with one attached hydrogen (secondary N) is 1. The minimum Gasteiger partial charge on any atom is -0.331 e. The van der Waals surface area contributed by atoms with Crippen LogP contribution in [0.5, 0.6) is 0 Å². The van der Waals surface area contributed by atoms with E-state index in [2.05, 4.69) is 32.2 Å². The Labute approximate surface area is 203 Å². The number of urea groups is 1. The smallest absolute Gasteiger partial charge is 0.317 e. The minimum atomic E-state index is -0.301. The van der Waals surface area contributed by atoms with Gasteiger partial charge in [0, 0.05) is 49.0 Å². The number of hydrogen-bond donors (Lipinski definition) is 1. The van der Waals surface area contributed by atoms with Crippen molar-refractivity contribution in [1.29, 1.82) is 0 Å². The second kappa shape index (κ2) is 10.1. The van der Waals surface area contributed by atoms with Crippen LogP contribution in [0.1, 0.15) is 31.4 Å². The summed E-state index contributed by atoms with van der Waals surface area (Å²) in [5.41, 5.74) is 2.23. The Morgan fingerprint density at radius 3 is 2.52 bits per heavy atom. The van der Waals surface area contributed by atoms with E-state index in [1.807, 2.05) is 26.1 Å². The molecule has 174 valence electrons. The predicted octanol–water partition coefficient (Wildman–Crippen LogP) is 4.43. The lowest BCUT2D eigenvalue weighted by Gasteiger charge is -2.35. The van der Waals surface area contributed by atoms with Crippen molar-refractivity contribution in [2.24, 2.45) is 0 Å². The van der Waals surface area contributed by atoms with E-state index in [9.17, 15) is 4.79 Å². The summed E-state index contributed by atoms with van der Waals surface area (Å²) in [6.07, 6.45) is 10.4. The van der Waals surface area contributed by atoms with Crippen molar-refractivity contribution in [3.8, 4) is 17.1 Å². The third kappa shape index (κ3) is 5.13. The first-order chi connectivity index (χ1) is 15.8. The molecular formula is C23H27Cl2N7O. The van der Waals surface area contributed by atoms with Crippen LogP contribution in [0.25, 0.3) is 17.1 Å². The highest BCUT2D eigenvalue weighted by Gasteiger charge is 2.25. The van der Waals surface area contributed by atoms with Gasteiger partial charge in [0.25, 0.3) is 0 Å². The summed E-state index contributed by atoms with van der Waals surface area (Å²) in [4.78, 5) is 29.7. The molecule has 8 nitrogen and oxygen atoms in total. The zero-order valence-electron chi connectivity index (χ0n) is 18.9. The minimum absolute atomic E-state index is 0.114. The summed E-state index contributed by atoms with van der Waals surface area (Å²) in [7, 11) is 3.96. The number of piperidine rings is 1. The summed E-state index contributed by atoms with van der Waals surface area (Å²) < 4.78 is 1.72. The zero-order chi connectivity index (χ0) is 23.5.